The lowest BCUT2D eigenvalue weighted by Crippen LogP contribution is -2.39. The molecule has 2 N–H and O–H groups in total. The molecule has 5 nitrogen and oxygen atoms in total. The molecule has 0 aromatic heterocycles. The number of carbonyl (C=O) groups is 1. The van der Waals surface area contributed by atoms with Crippen LogP contribution in [0.3, 0.4) is 0 Å². The van der Waals surface area contributed by atoms with Gasteiger partial charge in [-0.25, -0.2) is 0 Å². The number of nitrogens with zero attached hydrogens (tertiary/aromatic N) is 2. The smallest absolute Gasteiger partial charge is 0.259 e. The summed E-state index contributed by atoms with van der Waals surface area (Å²) in [4.78, 5) is 12.9. The van der Waals surface area contributed by atoms with Crippen LogP contribution < -0.4 is 5.73 Å². The fourth-order valence-corrected chi connectivity index (χ4v) is 1.76. The van der Waals surface area contributed by atoms with E-state index in [1.165, 1.54) is 6.08 Å². The topological polar surface area (TPSA) is 79.4 Å². The molecule has 92 valence electrons. The number of hydrogen-bond donors (Lipinski definition) is 1. The Morgan fingerprint density at radius 1 is 1.71 bits per heavy atom. The van der Waals surface area contributed by atoms with E-state index in [-0.39, 0.29) is 11.1 Å². The van der Waals surface area contributed by atoms with E-state index in [2.05, 4.69) is 18.7 Å². The molecule has 0 aromatic rings. The quantitative estimate of drug-likeness (QED) is 0.582. The van der Waals surface area contributed by atoms with Crippen LogP contribution in [0.15, 0.2) is 23.6 Å². The predicted molar refractivity (Wildman–Crippen MR) is 63.4 cm³/mol. The summed E-state index contributed by atoms with van der Waals surface area (Å²) in [5.41, 5.74) is 4.88. The van der Waals surface area contributed by atoms with Crippen molar-refractivity contribution < 1.29 is 9.53 Å². The van der Waals surface area contributed by atoms with Crippen molar-refractivity contribution in [1.29, 1.82) is 5.26 Å². The van der Waals surface area contributed by atoms with Gasteiger partial charge in [0, 0.05) is 6.54 Å². The molecule has 1 heterocycles. The summed E-state index contributed by atoms with van der Waals surface area (Å²) in [5, 5.41) is 8.69. The van der Waals surface area contributed by atoms with E-state index < -0.39 is 5.91 Å². The summed E-state index contributed by atoms with van der Waals surface area (Å²) >= 11 is 0. The van der Waals surface area contributed by atoms with Crippen molar-refractivity contribution in [2.45, 2.75) is 26.3 Å². The van der Waals surface area contributed by atoms with E-state index in [1.54, 1.807) is 12.1 Å². The van der Waals surface area contributed by atoms with Gasteiger partial charge in [-0.3, -0.25) is 4.79 Å². The van der Waals surface area contributed by atoms with Gasteiger partial charge in [0.25, 0.3) is 5.91 Å². The summed E-state index contributed by atoms with van der Waals surface area (Å²) in [6.07, 6.45) is 3.00. The number of primary amides is 1. The van der Waals surface area contributed by atoms with Crippen LogP contribution in [0, 0.1) is 11.3 Å². The van der Waals surface area contributed by atoms with Gasteiger partial charge in [-0.1, -0.05) is 0 Å². The first-order valence-electron chi connectivity index (χ1n) is 5.44. The van der Waals surface area contributed by atoms with Gasteiger partial charge in [-0.15, -0.1) is 0 Å². The molecule has 1 aliphatic heterocycles. The number of hydrogen-bond acceptors (Lipinski definition) is 4. The average Bonchev–Trinajstić information content (AvgIpc) is 2.53. The van der Waals surface area contributed by atoms with E-state index in [4.69, 9.17) is 15.7 Å². The number of nitriles is 1. The van der Waals surface area contributed by atoms with Gasteiger partial charge < -0.3 is 15.4 Å². The Hall–Kier alpha value is -1.96. The summed E-state index contributed by atoms with van der Waals surface area (Å²) in [7, 11) is 0. The van der Waals surface area contributed by atoms with Crippen LogP contribution >= 0.6 is 0 Å². The molecule has 0 saturated carbocycles. The average molecular weight is 235 g/mol. The van der Waals surface area contributed by atoms with E-state index in [9.17, 15) is 4.79 Å². The molecule has 0 aliphatic carbocycles. The van der Waals surface area contributed by atoms with Gasteiger partial charge in [0.05, 0.1) is 5.54 Å². The zero-order valence-corrected chi connectivity index (χ0v) is 10.4. The molecule has 5 heteroatoms. The second-order valence-electron chi connectivity index (χ2n) is 4.41. The van der Waals surface area contributed by atoms with Crippen molar-refractivity contribution in [2.24, 2.45) is 5.73 Å². The SMILES string of the molecule is CCN1/C(=C\C=C(\C#N)C(N)=O)OCC1(C)C. The van der Waals surface area contributed by atoms with Gasteiger partial charge in [0.1, 0.15) is 18.2 Å². The Morgan fingerprint density at radius 3 is 2.82 bits per heavy atom. The predicted octanol–water partition coefficient (Wildman–Crippen LogP) is 0.894. The standard InChI is InChI=1S/C12H17N3O2/c1-4-15-10(17-8-12(15,2)3)6-5-9(7-13)11(14)16/h5-6H,4,8H2,1-3H3,(H2,14,16)/b9-5-,10-6+. The first-order valence-corrected chi connectivity index (χ1v) is 5.44. The molecular formula is C12H17N3O2. The summed E-state index contributed by atoms with van der Waals surface area (Å²) < 4.78 is 5.53. The van der Waals surface area contributed by atoms with Crippen molar-refractivity contribution in [1.82, 2.24) is 4.90 Å². The minimum atomic E-state index is -0.732. The van der Waals surface area contributed by atoms with E-state index in [0.717, 1.165) is 6.54 Å². The van der Waals surface area contributed by atoms with Crippen molar-refractivity contribution in [2.75, 3.05) is 13.2 Å². The largest absolute Gasteiger partial charge is 0.477 e. The number of rotatable bonds is 3. The molecule has 1 fully saturated rings. The highest BCUT2D eigenvalue weighted by atomic mass is 16.5. The van der Waals surface area contributed by atoms with Crippen LogP contribution in [-0.4, -0.2) is 29.5 Å². The Labute approximate surface area is 101 Å². The highest BCUT2D eigenvalue weighted by Crippen LogP contribution is 2.28. The van der Waals surface area contributed by atoms with Crippen molar-refractivity contribution in [3.63, 3.8) is 0 Å². The third-order valence-electron chi connectivity index (χ3n) is 2.66. The monoisotopic (exact) mass is 235 g/mol. The Morgan fingerprint density at radius 2 is 2.35 bits per heavy atom. The van der Waals surface area contributed by atoms with Gasteiger partial charge in [0.15, 0.2) is 5.88 Å². The highest BCUT2D eigenvalue weighted by molar-refractivity contribution is 5.96. The van der Waals surface area contributed by atoms with Crippen LogP contribution in [0.25, 0.3) is 0 Å². The minimum absolute atomic E-state index is 0.0754. The maximum Gasteiger partial charge on any atom is 0.259 e. The second kappa shape index (κ2) is 4.91. The number of carbonyl (C=O) groups excluding carboxylic acids is 1. The molecule has 1 rings (SSSR count). The number of likely N-dealkylation sites (N-methyl/N-ethyl adjacent to an activating group) is 1. The summed E-state index contributed by atoms with van der Waals surface area (Å²) in [5.74, 6) is -0.0730. The van der Waals surface area contributed by atoms with Crippen molar-refractivity contribution in [3.05, 3.63) is 23.6 Å². The maximum absolute atomic E-state index is 10.9. The highest BCUT2D eigenvalue weighted by Gasteiger charge is 2.35. The molecule has 17 heavy (non-hydrogen) atoms. The maximum atomic E-state index is 10.9. The molecule has 0 spiro atoms. The molecule has 0 unspecified atom stereocenters. The zero-order valence-electron chi connectivity index (χ0n) is 10.4. The number of ether oxygens (including phenoxy) is 1. The number of allylic oxidation sites excluding steroid dienone is 2. The van der Waals surface area contributed by atoms with Gasteiger partial charge >= 0.3 is 0 Å². The molecule has 0 atom stereocenters. The summed E-state index contributed by atoms with van der Waals surface area (Å²) in [6, 6.07) is 1.75. The normalized spacial score (nSPS) is 21.2. The van der Waals surface area contributed by atoms with Gasteiger partial charge in [0.2, 0.25) is 0 Å². The summed E-state index contributed by atoms with van der Waals surface area (Å²) in [6.45, 7) is 7.54. The Bertz CT molecular complexity index is 416. The third kappa shape index (κ3) is 2.78. The Kier molecular flexibility index (Phi) is 3.79. The minimum Gasteiger partial charge on any atom is -0.477 e. The number of nitrogens with two attached hydrogens (primary N) is 1. The van der Waals surface area contributed by atoms with Gasteiger partial charge in [-0.2, -0.15) is 5.26 Å². The molecule has 0 bridgehead atoms. The van der Waals surface area contributed by atoms with E-state index >= 15 is 0 Å². The van der Waals surface area contributed by atoms with Crippen LogP contribution in [0.1, 0.15) is 20.8 Å². The molecule has 0 radical (unpaired) electrons. The molecule has 1 amide bonds. The van der Waals surface area contributed by atoms with E-state index in [1.807, 2.05) is 6.92 Å². The van der Waals surface area contributed by atoms with E-state index in [0.29, 0.717) is 12.5 Å². The van der Waals surface area contributed by atoms with Gasteiger partial charge in [-0.05, 0) is 32.9 Å². The lowest BCUT2D eigenvalue weighted by Gasteiger charge is -2.28. The number of amides is 1. The van der Waals surface area contributed by atoms with Crippen LogP contribution in [-0.2, 0) is 9.53 Å². The lowest BCUT2D eigenvalue weighted by molar-refractivity contribution is -0.114. The van der Waals surface area contributed by atoms with Crippen LogP contribution in [0.2, 0.25) is 0 Å². The fraction of sp³-hybridized carbons (Fsp3) is 0.500. The van der Waals surface area contributed by atoms with Crippen LogP contribution in [0.5, 0.6) is 0 Å². The second-order valence-corrected chi connectivity index (χ2v) is 4.41. The molecule has 1 saturated heterocycles. The van der Waals surface area contributed by atoms with Crippen molar-refractivity contribution in [3.8, 4) is 6.07 Å². The Balaban J connectivity index is 2.95. The molecule has 1 aliphatic rings. The lowest BCUT2D eigenvalue weighted by atomic mass is 10.1. The first-order chi connectivity index (χ1) is 7.92. The molecule has 0 aromatic carbocycles. The van der Waals surface area contributed by atoms with Crippen molar-refractivity contribution >= 4 is 5.91 Å². The fourth-order valence-electron chi connectivity index (χ4n) is 1.76. The third-order valence-corrected chi connectivity index (χ3v) is 2.66. The van der Waals surface area contributed by atoms with Crippen LogP contribution in [0.4, 0.5) is 0 Å². The molecular weight excluding hydrogens is 218 g/mol. The zero-order chi connectivity index (χ0) is 13.1. The first kappa shape index (κ1) is 13.1.